The average molecular weight is 272 g/mol. The van der Waals surface area contributed by atoms with Crippen molar-refractivity contribution in [2.75, 3.05) is 24.5 Å². The lowest BCUT2D eigenvalue weighted by molar-refractivity contribution is -0.137. The molecule has 1 atom stereocenters. The highest BCUT2D eigenvalue weighted by atomic mass is 19.4. The number of alkyl halides is 3. The highest BCUT2D eigenvalue weighted by molar-refractivity contribution is 5.56. The molecule has 2 nitrogen and oxygen atoms in total. The van der Waals surface area contributed by atoms with E-state index in [-0.39, 0.29) is 6.04 Å². The first kappa shape index (κ1) is 14.2. The van der Waals surface area contributed by atoms with Gasteiger partial charge in [0, 0.05) is 31.4 Å². The second-order valence-corrected chi connectivity index (χ2v) is 5.22. The Labute approximate surface area is 111 Å². The van der Waals surface area contributed by atoms with Crippen molar-refractivity contribution >= 4 is 5.69 Å². The molecule has 1 heterocycles. The minimum atomic E-state index is -4.30. The molecule has 0 aromatic heterocycles. The third-order valence-corrected chi connectivity index (χ3v) is 3.57. The molecule has 1 aliphatic rings. The van der Waals surface area contributed by atoms with Crippen molar-refractivity contribution in [1.29, 1.82) is 0 Å². The van der Waals surface area contributed by atoms with Gasteiger partial charge in [-0.25, -0.2) is 0 Å². The van der Waals surface area contributed by atoms with Crippen LogP contribution in [0.4, 0.5) is 18.9 Å². The summed E-state index contributed by atoms with van der Waals surface area (Å²) in [6.45, 7) is 6.14. The first-order chi connectivity index (χ1) is 8.91. The summed E-state index contributed by atoms with van der Waals surface area (Å²) in [6.07, 6.45) is -4.30. The van der Waals surface area contributed by atoms with Crippen molar-refractivity contribution < 1.29 is 13.2 Å². The molecule has 1 unspecified atom stereocenters. The fourth-order valence-corrected chi connectivity index (χ4v) is 2.58. The summed E-state index contributed by atoms with van der Waals surface area (Å²) in [6, 6.07) is 5.94. The van der Waals surface area contributed by atoms with Gasteiger partial charge in [0.1, 0.15) is 0 Å². The Balaban J connectivity index is 2.39. The molecule has 0 amide bonds. The van der Waals surface area contributed by atoms with E-state index in [0.29, 0.717) is 18.2 Å². The van der Waals surface area contributed by atoms with Gasteiger partial charge >= 0.3 is 6.18 Å². The molecule has 1 aliphatic heterocycles. The molecule has 2 rings (SSSR count). The van der Waals surface area contributed by atoms with Crippen molar-refractivity contribution in [2.24, 2.45) is 5.92 Å². The highest BCUT2D eigenvalue weighted by Crippen LogP contribution is 2.37. The van der Waals surface area contributed by atoms with Crippen molar-refractivity contribution in [2.45, 2.75) is 26.1 Å². The Kier molecular flexibility index (Phi) is 4.04. The summed E-state index contributed by atoms with van der Waals surface area (Å²) in [4.78, 5) is 1.89. The van der Waals surface area contributed by atoms with Crippen LogP contribution in [-0.4, -0.2) is 25.7 Å². The molecule has 0 bridgehead atoms. The standard InChI is InChI=1S/C14H19F3N2/c1-10(2)13-9-18-7-8-19(13)12-6-4-3-5-11(12)14(15,16)17/h3-6,10,13,18H,7-9H2,1-2H3. The number of benzene rings is 1. The van der Waals surface area contributed by atoms with Crippen LogP contribution >= 0.6 is 0 Å². The van der Waals surface area contributed by atoms with Crippen molar-refractivity contribution in [1.82, 2.24) is 5.32 Å². The lowest BCUT2D eigenvalue weighted by Crippen LogP contribution is -2.54. The number of rotatable bonds is 2. The van der Waals surface area contributed by atoms with Gasteiger partial charge in [-0.2, -0.15) is 13.2 Å². The Morgan fingerprint density at radius 2 is 1.95 bits per heavy atom. The molecule has 0 saturated carbocycles. The van der Waals surface area contributed by atoms with Crippen LogP contribution in [0.1, 0.15) is 19.4 Å². The molecular formula is C14H19F3N2. The summed E-state index contributed by atoms with van der Waals surface area (Å²) in [5, 5.41) is 3.25. The summed E-state index contributed by atoms with van der Waals surface area (Å²) >= 11 is 0. The van der Waals surface area contributed by atoms with E-state index in [4.69, 9.17) is 0 Å². The molecular weight excluding hydrogens is 253 g/mol. The summed E-state index contributed by atoms with van der Waals surface area (Å²) < 4.78 is 39.3. The molecule has 0 spiro atoms. The Morgan fingerprint density at radius 1 is 1.26 bits per heavy atom. The first-order valence-electron chi connectivity index (χ1n) is 6.55. The van der Waals surface area contributed by atoms with E-state index in [0.717, 1.165) is 19.2 Å². The zero-order valence-corrected chi connectivity index (χ0v) is 11.2. The monoisotopic (exact) mass is 272 g/mol. The Morgan fingerprint density at radius 3 is 2.58 bits per heavy atom. The number of anilines is 1. The van der Waals surface area contributed by atoms with Gasteiger partial charge in [0.25, 0.3) is 0 Å². The summed E-state index contributed by atoms with van der Waals surface area (Å²) in [5.41, 5.74) is -0.238. The molecule has 1 aromatic carbocycles. The SMILES string of the molecule is CC(C)C1CNCCN1c1ccccc1C(F)(F)F. The van der Waals surface area contributed by atoms with Crippen molar-refractivity contribution in [3.63, 3.8) is 0 Å². The van der Waals surface area contributed by atoms with E-state index in [2.05, 4.69) is 5.32 Å². The van der Waals surface area contributed by atoms with E-state index in [9.17, 15) is 13.2 Å². The Hall–Kier alpha value is -1.23. The van der Waals surface area contributed by atoms with Crippen LogP contribution < -0.4 is 10.2 Å². The van der Waals surface area contributed by atoms with Gasteiger partial charge in [0.2, 0.25) is 0 Å². The maximum absolute atomic E-state index is 13.1. The fraction of sp³-hybridized carbons (Fsp3) is 0.571. The van der Waals surface area contributed by atoms with Crippen LogP contribution in [-0.2, 0) is 6.18 Å². The van der Waals surface area contributed by atoms with E-state index in [1.165, 1.54) is 6.07 Å². The van der Waals surface area contributed by atoms with E-state index < -0.39 is 11.7 Å². The van der Waals surface area contributed by atoms with Gasteiger partial charge in [0.15, 0.2) is 0 Å². The van der Waals surface area contributed by atoms with Crippen molar-refractivity contribution in [3.05, 3.63) is 29.8 Å². The quantitative estimate of drug-likeness (QED) is 0.889. The lowest BCUT2D eigenvalue weighted by Gasteiger charge is -2.41. The minimum absolute atomic E-state index is 0.0947. The number of nitrogens with zero attached hydrogens (tertiary/aromatic N) is 1. The molecule has 1 N–H and O–H groups in total. The van der Waals surface area contributed by atoms with Crippen LogP contribution in [0.3, 0.4) is 0 Å². The number of nitrogens with one attached hydrogen (secondary N) is 1. The predicted octanol–water partition coefficient (Wildman–Crippen LogP) is 3.14. The first-order valence-corrected chi connectivity index (χ1v) is 6.55. The van der Waals surface area contributed by atoms with Gasteiger partial charge in [-0.3, -0.25) is 0 Å². The van der Waals surface area contributed by atoms with Crippen molar-refractivity contribution in [3.8, 4) is 0 Å². The van der Waals surface area contributed by atoms with E-state index in [1.807, 2.05) is 18.7 Å². The van der Waals surface area contributed by atoms with Crippen LogP contribution in [0.2, 0.25) is 0 Å². The molecule has 0 radical (unpaired) electrons. The zero-order valence-electron chi connectivity index (χ0n) is 11.2. The normalized spacial score (nSPS) is 20.9. The minimum Gasteiger partial charge on any atom is -0.365 e. The van der Waals surface area contributed by atoms with E-state index in [1.54, 1.807) is 12.1 Å². The van der Waals surface area contributed by atoms with Crippen LogP contribution in [0.15, 0.2) is 24.3 Å². The molecule has 1 aromatic rings. The van der Waals surface area contributed by atoms with Crippen LogP contribution in [0.25, 0.3) is 0 Å². The molecule has 0 aliphatic carbocycles. The highest BCUT2D eigenvalue weighted by Gasteiger charge is 2.36. The zero-order chi connectivity index (χ0) is 14.0. The molecule has 1 fully saturated rings. The number of piperazine rings is 1. The second-order valence-electron chi connectivity index (χ2n) is 5.22. The average Bonchev–Trinajstić information content (AvgIpc) is 2.37. The smallest absolute Gasteiger partial charge is 0.365 e. The number of hydrogen-bond donors (Lipinski definition) is 1. The Bertz CT molecular complexity index is 429. The topological polar surface area (TPSA) is 15.3 Å². The molecule has 5 heteroatoms. The number of halogens is 3. The maximum atomic E-state index is 13.1. The number of hydrogen-bond acceptors (Lipinski definition) is 2. The lowest BCUT2D eigenvalue weighted by atomic mass is 9.98. The molecule has 19 heavy (non-hydrogen) atoms. The largest absolute Gasteiger partial charge is 0.418 e. The fourth-order valence-electron chi connectivity index (χ4n) is 2.58. The van der Waals surface area contributed by atoms with E-state index >= 15 is 0 Å². The molecule has 1 saturated heterocycles. The third-order valence-electron chi connectivity index (χ3n) is 3.57. The predicted molar refractivity (Wildman–Crippen MR) is 70.3 cm³/mol. The van der Waals surface area contributed by atoms with Crippen LogP contribution in [0.5, 0.6) is 0 Å². The van der Waals surface area contributed by atoms with Gasteiger partial charge in [0.05, 0.1) is 5.56 Å². The van der Waals surface area contributed by atoms with Gasteiger partial charge in [-0.1, -0.05) is 26.0 Å². The summed E-state index contributed by atoms with van der Waals surface area (Å²) in [7, 11) is 0. The number of para-hydroxylation sites is 1. The third kappa shape index (κ3) is 3.03. The van der Waals surface area contributed by atoms with Gasteiger partial charge < -0.3 is 10.2 Å². The van der Waals surface area contributed by atoms with Gasteiger partial charge in [-0.05, 0) is 18.1 Å². The molecule has 106 valence electrons. The van der Waals surface area contributed by atoms with Crippen LogP contribution in [0, 0.1) is 5.92 Å². The summed E-state index contributed by atoms with van der Waals surface area (Å²) in [5.74, 6) is 0.300. The second kappa shape index (κ2) is 5.41. The van der Waals surface area contributed by atoms with Gasteiger partial charge in [-0.15, -0.1) is 0 Å². The maximum Gasteiger partial charge on any atom is 0.418 e.